The number of nitrogens with one attached hydrogen (secondary N) is 1. The molecule has 2 rings (SSSR count). The Labute approximate surface area is 109 Å². The van der Waals surface area contributed by atoms with Gasteiger partial charge >= 0.3 is 0 Å². The molecule has 1 N–H and O–H groups in total. The van der Waals surface area contributed by atoms with Crippen molar-refractivity contribution in [2.75, 3.05) is 6.54 Å². The highest BCUT2D eigenvalue weighted by Crippen LogP contribution is 2.28. The Hall–Kier alpha value is -1.25. The Kier molecular flexibility index (Phi) is 4.45. The average Bonchev–Trinajstić information content (AvgIpc) is 2.94. The molecular weight excluding hydrogens is 226 g/mol. The van der Waals surface area contributed by atoms with Crippen molar-refractivity contribution >= 4 is 5.91 Å². The fourth-order valence-corrected chi connectivity index (χ4v) is 2.84. The maximum Gasteiger partial charge on any atom is 0.254 e. The molecule has 1 aliphatic carbocycles. The highest BCUT2D eigenvalue weighted by Gasteiger charge is 2.15. The van der Waals surface area contributed by atoms with Gasteiger partial charge in [0.15, 0.2) is 0 Å². The summed E-state index contributed by atoms with van der Waals surface area (Å²) in [6.07, 6.45) is 7.90. The summed E-state index contributed by atoms with van der Waals surface area (Å²) in [5.74, 6) is 2.40. The van der Waals surface area contributed by atoms with Crippen LogP contribution in [0.1, 0.15) is 60.4 Å². The molecule has 0 unspecified atom stereocenters. The molecule has 1 saturated carbocycles. The molecule has 1 amide bonds. The number of rotatable bonds is 5. The molecular formula is C15H23NO2. The van der Waals surface area contributed by atoms with E-state index in [0.29, 0.717) is 11.3 Å². The van der Waals surface area contributed by atoms with Crippen LogP contribution in [0, 0.1) is 19.8 Å². The second kappa shape index (κ2) is 6.07. The first kappa shape index (κ1) is 13.2. The molecule has 0 radical (unpaired) electrons. The van der Waals surface area contributed by atoms with Crippen molar-refractivity contribution in [2.45, 2.75) is 52.4 Å². The summed E-state index contributed by atoms with van der Waals surface area (Å²) in [6, 6.07) is 1.81. The van der Waals surface area contributed by atoms with Gasteiger partial charge in [-0.3, -0.25) is 4.79 Å². The summed E-state index contributed by atoms with van der Waals surface area (Å²) in [7, 11) is 0. The van der Waals surface area contributed by atoms with Gasteiger partial charge in [-0.15, -0.1) is 0 Å². The molecule has 1 heterocycles. The van der Waals surface area contributed by atoms with Crippen LogP contribution in [0.5, 0.6) is 0 Å². The van der Waals surface area contributed by atoms with Crippen LogP contribution in [0.3, 0.4) is 0 Å². The molecule has 1 aromatic heterocycles. The van der Waals surface area contributed by atoms with E-state index >= 15 is 0 Å². The fourth-order valence-electron chi connectivity index (χ4n) is 2.84. The first-order valence-electron chi connectivity index (χ1n) is 7.02. The first-order valence-corrected chi connectivity index (χ1v) is 7.02. The Balaban J connectivity index is 1.70. The lowest BCUT2D eigenvalue weighted by Crippen LogP contribution is -2.24. The molecule has 1 aliphatic rings. The van der Waals surface area contributed by atoms with E-state index in [1.54, 1.807) is 0 Å². The predicted octanol–water partition coefficient (Wildman–Crippen LogP) is 3.60. The lowest BCUT2D eigenvalue weighted by atomic mass is 10.0. The SMILES string of the molecule is Cc1cc(C(=O)NCCCC2CCCC2)c(C)o1. The number of carbonyl (C=O) groups is 1. The van der Waals surface area contributed by atoms with Gasteiger partial charge in [-0.25, -0.2) is 0 Å². The third-order valence-corrected chi connectivity index (χ3v) is 3.84. The van der Waals surface area contributed by atoms with E-state index in [-0.39, 0.29) is 5.91 Å². The zero-order valence-electron chi connectivity index (χ0n) is 11.4. The number of amides is 1. The lowest BCUT2D eigenvalue weighted by Gasteiger charge is -2.09. The maximum absolute atomic E-state index is 11.9. The summed E-state index contributed by atoms with van der Waals surface area (Å²) < 4.78 is 5.36. The Morgan fingerprint density at radius 2 is 2.11 bits per heavy atom. The highest BCUT2D eigenvalue weighted by atomic mass is 16.3. The smallest absolute Gasteiger partial charge is 0.254 e. The minimum absolute atomic E-state index is 0.00391. The minimum atomic E-state index is -0.00391. The van der Waals surface area contributed by atoms with Gasteiger partial charge in [0.2, 0.25) is 0 Å². The monoisotopic (exact) mass is 249 g/mol. The molecule has 0 saturated heterocycles. The largest absolute Gasteiger partial charge is 0.466 e. The van der Waals surface area contributed by atoms with Crippen LogP contribution in [0.25, 0.3) is 0 Å². The van der Waals surface area contributed by atoms with Crippen molar-refractivity contribution in [1.82, 2.24) is 5.32 Å². The third-order valence-electron chi connectivity index (χ3n) is 3.84. The van der Waals surface area contributed by atoms with Crippen molar-refractivity contribution in [1.29, 1.82) is 0 Å². The first-order chi connectivity index (χ1) is 8.66. The summed E-state index contributed by atoms with van der Waals surface area (Å²) in [6.45, 7) is 4.48. The van der Waals surface area contributed by atoms with Gasteiger partial charge in [0.1, 0.15) is 11.5 Å². The number of aryl methyl sites for hydroxylation is 2. The minimum Gasteiger partial charge on any atom is -0.466 e. The molecule has 18 heavy (non-hydrogen) atoms. The van der Waals surface area contributed by atoms with Crippen LogP contribution in [-0.2, 0) is 0 Å². The van der Waals surface area contributed by atoms with E-state index in [0.717, 1.165) is 24.6 Å². The second-order valence-corrected chi connectivity index (χ2v) is 5.38. The average molecular weight is 249 g/mol. The van der Waals surface area contributed by atoms with Crippen LogP contribution in [0.2, 0.25) is 0 Å². The summed E-state index contributed by atoms with van der Waals surface area (Å²) in [4.78, 5) is 11.9. The topological polar surface area (TPSA) is 42.2 Å². The van der Waals surface area contributed by atoms with Crippen LogP contribution in [0.4, 0.5) is 0 Å². The highest BCUT2D eigenvalue weighted by molar-refractivity contribution is 5.95. The van der Waals surface area contributed by atoms with E-state index in [2.05, 4.69) is 5.32 Å². The Bertz CT molecular complexity index is 403. The molecule has 100 valence electrons. The van der Waals surface area contributed by atoms with Gasteiger partial charge in [0.05, 0.1) is 5.56 Å². The van der Waals surface area contributed by atoms with E-state index in [1.165, 1.54) is 32.1 Å². The van der Waals surface area contributed by atoms with Gasteiger partial charge < -0.3 is 9.73 Å². The molecule has 0 bridgehead atoms. The van der Waals surface area contributed by atoms with Crippen LogP contribution in [-0.4, -0.2) is 12.5 Å². The predicted molar refractivity (Wildman–Crippen MR) is 71.7 cm³/mol. The summed E-state index contributed by atoms with van der Waals surface area (Å²) >= 11 is 0. The second-order valence-electron chi connectivity index (χ2n) is 5.38. The molecule has 1 fully saturated rings. The quantitative estimate of drug-likeness (QED) is 0.810. The summed E-state index contributed by atoms with van der Waals surface area (Å²) in [5, 5.41) is 2.98. The van der Waals surface area contributed by atoms with E-state index in [9.17, 15) is 4.79 Å². The molecule has 0 atom stereocenters. The van der Waals surface area contributed by atoms with Crippen LogP contribution >= 0.6 is 0 Å². The standard InChI is InChI=1S/C15H23NO2/c1-11-10-14(12(2)18-11)15(17)16-9-5-8-13-6-3-4-7-13/h10,13H,3-9H2,1-2H3,(H,16,17). The number of hydrogen-bond acceptors (Lipinski definition) is 2. The van der Waals surface area contributed by atoms with Gasteiger partial charge in [0.25, 0.3) is 5.91 Å². The zero-order valence-corrected chi connectivity index (χ0v) is 11.4. The fraction of sp³-hybridized carbons (Fsp3) is 0.667. The van der Waals surface area contributed by atoms with Crippen LogP contribution in [0.15, 0.2) is 10.5 Å². The van der Waals surface area contributed by atoms with Gasteiger partial charge in [-0.2, -0.15) is 0 Å². The number of carbonyl (C=O) groups excluding carboxylic acids is 1. The lowest BCUT2D eigenvalue weighted by molar-refractivity contribution is 0.0951. The zero-order chi connectivity index (χ0) is 13.0. The van der Waals surface area contributed by atoms with Crippen molar-refractivity contribution in [3.63, 3.8) is 0 Å². The number of furan rings is 1. The number of hydrogen-bond donors (Lipinski definition) is 1. The van der Waals surface area contributed by atoms with Gasteiger partial charge in [0, 0.05) is 6.54 Å². The molecule has 0 aliphatic heterocycles. The summed E-state index contributed by atoms with van der Waals surface area (Å²) in [5.41, 5.74) is 0.674. The normalized spacial score (nSPS) is 16.1. The maximum atomic E-state index is 11.9. The van der Waals surface area contributed by atoms with Gasteiger partial charge in [-0.05, 0) is 38.7 Å². The molecule has 0 aromatic carbocycles. The van der Waals surface area contributed by atoms with Crippen molar-refractivity contribution in [2.24, 2.45) is 5.92 Å². The van der Waals surface area contributed by atoms with Crippen molar-refractivity contribution in [3.05, 3.63) is 23.2 Å². The van der Waals surface area contributed by atoms with Crippen LogP contribution < -0.4 is 5.32 Å². The van der Waals surface area contributed by atoms with Gasteiger partial charge in [-0.1, -0.05) is 25.7 Å². The molecule has 0 spiro atoms. The molecule has 3 nitrogen and oxygen atoms in total. The molecule has 3 heteroatoms. The van der Waals surface area contributed by atoms with Crippen molar-refractivity contribution < 1.29 is 9.21 Å². The van der Waals surface area contributed by atoms with E-state index in [4.69, 9.17) is 4.42 Å². The van der Waals surface area contributed by atoms with E-state index < -0.39 is 0 Å². The third kappa shape index (κ3) is 3.37. The molecule has 1 aromatic rings. The van der Waals surface area contributed by atoms with Crippen molar-refractivity contribution in [3.8, 4) is 0 Å². The Morgan fingerprint density at radius 1 is 1.39 bits per heavy atom. The Morgan fingerprint density at radius 3 is 2.72 bits per heavy atom. The van der Waals surface area contributed by atoms with E-state index in [1.807, 2.05) is 19.9 Å².